The molecule has 1 fully saturated rings. The minimum atomic E-state index is -0.0537. The Morgan fingerprint density at radius 3 is 2.55 bits per heavy atom. The summed E-state index contributed by atoms with van der Waals surface area (Å²) in [5, 5.41) is 17.3. The van der Waals surface area contributed by atoms with E-state index in [1.165, 1.54) is 25.7 Å². The molecule has 31 heavy (non-hydrogen) atoms. The maximum Gasteiger partial charge on any atom is 0.251 e. The van der Waals surface area contributed by atoms with Crippen molar-refractivity contribution in [3.63, 3.8) is 0 Å². The fourth-order valence-corrected chi connectivity index (χ4v) is 4.91. The van der Waals surface area contributed by atoms with E-state index in [1.807, 2.05) is 48.9 Å². The second kappa shape index (κ2) is 9.68. The zero-order chi connectivity index (χ0) is 21.8. The smallest absolute Gasteiger partial charge is 0.251 e. The number of carbonyl (C=O) groups is 1. The lowest BCUT2D eigenvalue weighted by Crippen LogP contribution is -2.25. The Bertz CT molecular complexity index is 1030. The maximum atomic E-state index is 12.5. The van der Waals surface area contributed by atoms with E-state index < -0.39 is 0 Å². The van der Waals surface area contributed by atoms with Crippen molar-refractivity contribution in [1.82, 2.24) is 29.9 Å². The van der Waals surface area contributed by atoms with Gasteiger partial charge < -0.3 is 9.88 Å². The van der Waals surface area contributed by atoms with Gasteiger partial charge >= 0.3 is 0 Å². The maximum absolute atomic E-state index is 12.5. The lowest BCUT2D eigenvalue weighted by Gasteiger charge is -2.16. The summed E-state index contributed by atoms with van der Waals surface area (Å²) in [5.74, 6) is 0.988. The van der Waals surface area contributed by atoms with Gasteiger partial charge in [-0.3, -0.25) is 4.79 Å². The Hall–Kier alpha value is -2.61. The first-order valence-corrected chi connectivity index (χ1v) is 12.2. The second-order valence-electron chi connectivity index (χ2n) is 8.16. The number of carbonyl (C=O) groups excluding carboxylic acids is 1. The predicted octanol–water partition coefficient (Wildman–Crippen LogP) is 4.28. The van der Waals surface area contributed by atoms with Crippen molar-refractivity contribution >= 4 is 17.7 Å². The van der Waals surface area contributed by atoms with Crippen LogP contribution in [0.25, 0.3) is 5.69 Å². The standard InChI is InChI=1S/C23H30N6OS/c1-16-15-17(2)29(27-16)20-12-10-18(11-13-20)22(30)24-14-6-9-21-25-26-23(31-3)28(21)19-7-4-5-8-19/h10-13,15,19H,4-9,14H2,1-3H3,(H,24,30). The van der Waals surface area contributed by atoms with Crippen LogP contribution in [0.5, 0.6) is 0 Å². The van der Waals surface area contributed by atoms with Gasteiger partial charge in [0.25, 0.3) is 5.91 Å². The van der Waals surface area contributed by atoms with Crippen LogP contribution in [0.15, 0.2) is 35.5 Å². The Morgan fingerprint density at radius 2 is 1.90 bits per heavy atom. The van der Waals surface area contributed by atoms with E-state index >= 15 is 0 Å². The van der Waals surface area contributed by atoms with Gasteiger partial charge in [0.15, 0.2) is 5.16 Å². The molecular weight excluding hydrogens is 408 g/mol. The van der Waals surface area contributed by atoms with Crippen molar-refractivity contribution in [2.45, 2.75) is 63.6 Å². The topological polar surface area (TPSA) is 77.6 Å². The van der Waals surface area contributed by atoms with Crippen LogP contribution < -0.4 is 5.32 Å². The average molecular weight is 439 g/mol. The van der Waals surface area contributed by atoms with Gasteiger partial charge in [0.05, 0.1) is 11.4 Å². The molecule has 0 aliphatic heterocycles. The van der Waals surface area contributed by atoms with Crippen LogP contribution in [-0.2, 0) is 6.42 Å². The summed E-state index contributed by atoms with van der Waals surface area (Å²) in [5.41, 5.74) is 3.67. The van der Waals surface area contributed by atoms with Crippen molar-refractivity contribution in [1.29, 1.82) is 0 Å². The van der Waals surface area contributed by atoms with Crippen LogP contribution in [-0.4, -0.2) is 43.3 Å². The van der Waals surface area contributed by atoms with Crippen LogP contribution in [0.2, 0.25) is 0 Å². The van der Waals surface area contributed by atoms with Crippen LogP contribution in [0.4, 0.5) is 0 Å². The molecule has 1 aliphatic carbocycles. The van der Waals surface area contributed by atoms with Crippen LogP contribution in [0.3, 0.4) is 0 Å². The summed E-state index contributed by atoms with van der Waals surface area (Å²) >= 11 is 1.66. The summed E-state index contributed by atoms with van der Waals surface area (Å²) in [4.78, 5) is 12.5. The molecule has 1 N–H and O–H groups in total. The van der Waals surface area contributed by atoms with Gasteiger partial charge in [-0.15, -0.1) is 10.2 Å². The Balaban J connectivity index is 1.31. The number of hydrogen-bond acceptors (Lipinski definition) is 5. The van der Waals surface area contributed by atoms with Gasteiger partial charge in [0, 0.05) is 30.3 Å². The van der Waals surface area contributed by atoms with E-state index in [2.05, 4.69) is 31.4 Å². The van der Waals surface area contributed by atoms with Gasteiger partial charge in [0.1, 0.15) is 5.82 Å². The number of thioether (sulfide) groups is 1. The largest absolute Gasteiger partial charge is 0.352 e. The Labute approximate surface area is 187 Å². The quantitative estimate of drug-likeness (QED) is 0.420. The number of aryl methyl sites for hydroxylation is 3. The zero-order valence-corrected chi connectivity index (χ0v) is 19.3. The molecule has 0 unspecified atom stereocenters. The number of nitrogens with one attached hydrogen (secondary N) is 1. The first-order chi connectivity index (χ1) is 15.1. The molecule has 8 heteroatoms. The number of amides is 1. The van der Waals surface area contributed by atoms with Crippen LogP contribution >= 0.6 is 11.8 Å². The second-order valence-corrected chi connectivity index (χ2v) is 8.93. The molecule has 3 aromatic rings. The molecule has 0 saturated heterocycles. The summed E-state index contributed by atoms with van der Waals surface area (Å²) in [6.45, 7) is 4.62. The molecule has 0 spiro atoms. The van der Waals surface area contributed by atoms with Gasteiger partial charge in [-0.2, -0.15) is 5.10 Å². The number of benzene rings is 1. The van der Waals surface area contributed by atoms with Gasteiger partial charge in [0.2, 0.25) is 0 Å². The third-order valence-corrected chi connectivity index (χ3v) is 6.50. The van der Waals surface area contributed by atoms with Crippen molar-refractivity contribution in [3.05, 3.63) is 53.1 Å². The first kappa shape index (κ1) is 21.6. The predicted molar refractivity (Wildman–Crippen MR) is 123 cm³/mol. The fraction of sp³-hybridized carbons (Fsp3) is 0.478. The molecule has 2 heterocycles. The Morgan fingerprint density at radius 1 is 1.16 bits per heavy atom. The van der Waals surface area contributed by atoms with Crippen LogP contribution in [0.1, 0.15) is 65.7 Å². The summed E-state index contributed by atoms with van der Waals surface area (Å²) in [6, 6.07) is 10.1. The molecule has 1 amide bonds. The monoisotopic (exact) mass is 438 g/mol. The third-order valence-electron chi connectivity index (χ3n) is 5.85. The fourth-order valence-electron chi connectivity index (χ4n) is 4.34. The number of hydrogen-bond donors (Lipinski definition) is 1. The van der Waals surface area contributed by atoms with Crippen molar-refractivity contribution < 1.29 is 4.79 Å². The van der Waals surface area contributed by atoms with Gasteiger partial charge in [-0.05, 0) is 69.7 Å². The third kappa shape index (κ3) is 4.84. The van der Waals surface area contributed by atoms with Gasteiger partial charge in [-0.25, -0.2) is 4.68 Å². The molecule has 164 valence electrons. The molecule has 7 nitrogen and oxygen atoms in total. The summed E-state index contributed by atoms with van der Waals surface area (Å²) in [6.07, 6.45) is 8.70. The highest BCUT2D eigenvalue weighted by Crippen LogP contribution is 2.33. The minimum Gasteiger partial charge on any atom is -0.352 e. The van der Waals surface area contributed by atoms with E-state index in [1.54, 1.807) is 11.8 Å². The normalized spacial score (nSPS) is 14.3. The highest BCUT2D eigenvalue weighted by Gasteiger charge is 2.23. The van der Waals surface area contributed by atoms with Gasteiger partial charge in [-0.1, -0.05) is 24.6 Å². The SMILES string of the molecule is CSc1nnc(CCCNC(=O)c2ccc(-n3nc(C)cc3C)cc2)n1C1CCCC1. The molecule has 2 aromatic heterocycles. The lowest BCUT2D eigenvalue weighted by molar-refractivity contribution is 0.0953. The first-order valence-electron chi connectivity index (χ1n) is 11.0. The zero-order valence-electron chi connectivity index (χ0n) is 18.5. The van der Waals surface area contributed by atoms with E-state index in [4.69, 9.17) is 0 Å². The van der Waals surface area contributed by atoms with E-state index in [0.29, 0.717) is 18.2 Å². The van der Waals surface area contributed by atoms with Crippen molar-refractivity contribution in [2.75, 3.05) is 12.8 Å². The molecule has 1 aliphatic rings. The minimum absolute atomic E-state index is 0.0537. The molecule has 0 radical (unpaired) electrons. The summed E-state index contributed by atoms with van der Waals surface area (Å²) in [7, 11) is 0. The van der Waals surface area contributed by atoms with Crippen LogP contribution in [0, 0.1) is 13.8 Å². The number of aromatic nitrogens is 5. The van der Waals surface area contributed by atoms with E-state index in [-0.39, 0.29) is 5.91 Å². The molecule has 1 saturated carbocycles. The highest BCUT2D eigenvalue weighted by molar-refractivity contribution is 7.98. The number of nitrogens with zero attached hydrogens (tertiary/aromatic N) is 5. The molecule has 1 aromatic carbocycles. The number of rotatable bonds is 8. The Kier molecular flexibility index (Phi) is 6.75. The molecular formula is C23H30N6OS. The lowest BCUT2D eigenvalue weighted by atomic mass is 10.2. The summed E-state index contributed by atoms with van der Waals surface area (Å²) < 4.78 is 4.22. The molecule has 0 atom stereocenters. The average Bonchev–Trinajstić information content (AvgIpc) is 3.50. The van der Waals surface area contributed by atoms with Crippen molar-refractivity contribution in [3.8, 4) is 5.69 Å². The molecule has 4 rings (SSSR count). The van der Waals surface area contributed by atoms with E-state index in [9.17, 15) is 4.79 Å². The molecule has 0 bridgehead atoms. The van der Waals surface area contributed by atoms with Crippen molar-refractivity contribution in [2.24, 2.45) is 0 Å². The van der Waals surface area contributed by atoms with E-state index in [0.717, 1.165) is 40.9 Å². The highest BCUT2D eigenvalue weighted by atomic mass is 32.2.